The highest BCUT2D eigenvalue weighted by Crippen LogP contribution is 2.25. The molecule has 2 N–H and O–H groups in total. The van der Waals surface area contributed by atoms with Crippen LogP contribution in [0.15, 0.2) is 65.6 Å². The lowest BCUT2D eigenvalue weighted by Gasteiger charge is -2.15. The Morgan fingerprint density at radius 2 is 1.61 bits per heavy atom. The van der Waals surface area contributed by atoms with Crippen molar-refractivity contribution in [1.82, 2.24) is 0 Å². The SMILES string of the molecule is CCc1cccc(CC)c1NC(=O)COc1ccc(S(=O)(=O)Nc2ccc(F)cc2)cc1C. The van der Waals surface area contributed by atoms with E-state index in [9.17, 15) is 17.6 Å². The van der Waals surface area contributed by atoms with Gasteiger partial charge in [-0.15, -0.1) is 0 Å². The lowest BCUT2D eigenvalue weighted by Crippen LogP contribution is -2.22. The van der Waals surface area contributed by atoms with Crippen molar-refractivity contribution in [2.24, 2.45) is 0 Å². The van der Waals surface area contributed by atoms with Crippen molar-refractivity contribution in [1.29, 1.82) is 0 Å². The van der Waals surface area contributed by atoms with Gasteiger partial charge in [-0.05, 0) is 78.9 Å². The first-order valence-corrected chi connectivity index (χ1v) is 12.1. The van der Waals surface area contributed by atoms with E-state index >= 15 is 0 Å². The van der Waals surface area contributed by atoms with Crippen molar-refractivity contribution in [3.05, 3.63) is 83.2 Å². The molecule has 3 aromatic carbocycles. The van der Waals surface area contributed by atoms with Crippen LogP contribution in [0.25, 0.3) is 0 Å². The highest BCUT2D eigenvalue weighted by atomic mass is 32.2. The standard InChI is InChI=1S/C25H27FN2O4S/c1-4-18-7-6-8-19(5-2)25(18)27-24(29)16-32-23-14-13-22(15-17(23)3)33(30,31)28-21-11-9-20(26)10-12-21/h6-15,28H,4-5,16H2,1-3H3,(H,27,29). The van der Waals surface area contributed by atoms with Gasteiger partial charge in [0, 0.05) is 11.4 Å². The summed E-state index contributed by atoms with van der Waals surface area (Å²) in [6.45, 7) is 5.56. The minimum absolute atomic E-state index is 0.0330. The van der Waals surface area contributed by atoms with Crippen LogP contribution in [-0.4, -0.2) is 20.9 Å². The zero-order valence-corrected chi connectivity index (χ0v) is 19.6. The summed E-state index contributed by atoms with van der Waals surface area (Å²) < 4.78 is 46.4. The molecule has 0 fully saturated rings. The number of benzene rings is 3. The van der Waals surface area contributed by atoms with E-state index in [1.165, 1.54) is 42.5 Å². The average molecular weight is 471 g/mol. The van der Waals surface area contributed by atoms with Gasteiger partial charge in [0.15, 0.2) is 6.61 Å². The second-order valence-corrected chi connectivity index (χ2v) is 9.22. The van der Waals surface area contributed by atoms with Crippen LogP contribution in [0.5, 0.6) is 5.75 Å². The van der Waals surface area contributed by atoms with Gasteiger partial charge in [-0.1, -0.05) is 32.0 Å². The molecule has 0 heterocycles. The van der Waals surface area contributed by atoms with Crippen molar-refractivity contribution in [3.8, 4) is 5.75 Å². The molecule has 174 valence electrons. The van der Waals surface area contributed by atoms with E-state index in [0.717, 1.165) is 29.7 Å². The molecule has 0 unspecified atom stereocenters. The first kappa shape index (κ1) is 24.3. The van der Waals surface area contributed by atoms with Crippen LogP contribution in [0.4, 0.5) is 15.8 Å². The van der Waals surface area contributed by atoms with Gasteiger partial charge in [0.1, 0.15) is 11.6 Å². The molecular weight excluding hydrogens is 443 g/mol. The fourth-order valence-corrected chi connectivity index (χ4v) is 4.55. The summed E-state index contributed by atoms with van der Waals surface area (Å²) in [5, 5.41) is 2.94. The normalized spacial score (nSPS) is 11.2. The van der Waals surface area contributed by atoms with Crippen LogP contribution >= 0.6 is 0 Å². The molecule has 0 saturated heterocycles. The van der Waals surface area contributed by atoms with E-state index in [1.54, 1.807) is 6.92 Å². The Kier molecular flexibility index (Phi) is 7.71. The number of sulfonamides is 1. The predicted molar refractivity (Wildman–Crippen MR) is 128 cm³/mol. The number of hydrogen-bond acceptors (Lipinski definition) is 4. The molecule has 0 radical (unpaired) electrons. The Hall–Kier alpha value is -3.39. The minimum Gasteiger partial charge on any atom is -0.483 e. The Bertz CT molecular complexity index is 1220. The lowest BCUT2D eigenvalue weighted by molar-refractivity contribution is -0.118. The summed E-state index contributed by atoms with van der Waals surface area (Å²) in [5.41, 5.74) is 3.75. The number of halogens is 1. The highest BCUT2D eigenvalue weighted by molar-refractivity contribution is 7.92. The summed E-state index contributed by atoms with van der Waals surface area (Å²) in [7, 11) is -3.86. The summed E-state index contributed by atoms with van der Waals surface area (Å²) in [6.07, 6.45) is 1.59. The largest absolute Gasteiger partial charge is 0.483 e. The van der Waals surface area contributed by atoms with Gasteiger partial charge >= 0.3 is 0 Å². The molecular formula is C25H27FN2O4S. The molecule has 0 atom stereocenters. The van der Waals surface area contributed by atoms with E-state index in [-0.39, 0.29) is 23.1 Å². The Morgan fingerprint density at radius 3 is 2.18 bits per heavy atom. The number of nitrogens with one attached hydrogen (secondary N) is 2. The summed E-state index contributed by atoms with van der Waals surface area (Å²) in [5.74, 6) is -0.339. The van der Waals surface area contributed by atoms with Crippen molar-refractivity contribution in [2.45, 2.75) is 38.5 Å². The third-order valence-corrected chi connectivity index (χ3v) is 6.55. The van der Waals surface area contributed by atoms with Crippen molar-refractivity contribution < 1.29 is 22.3 Å². The smallest absolute Gasteiger partial charge is 0.262 e. The van der Waals surface area contributed by atoms with Crippen molar-refractivity contribution in [2.75, 3.05) is 16.6 Å². The lowest BCUT2D eigenvalue weighted by atomic mass is 10.0. The first-order chi connectivity index (χ1) is 15.7. The number of carbonyl (C=O) groups excluding carboxylic acids is 1. The molecule has 0 aliphatic carbocycles. The molecule has 0 saturated carbocycles. The zero-order chi connectivity index (χ0) is 24.0. The van der Waals surface area contributed by atoms with Gasteiger partial charge in [0.05, 0.1) is 4.90 Å². The molecule has 0 aliphatic rings. The number of carbonyl (C=O) groups is 1. The maximum atomic E-state index is 13.0. The van der Waals surface area contributed by atoms with Gasteiger partial charge in [-0.3, -0.25) is 9.52 Å². The molecule has 1 amide bonds. The monoisotopic (exact) mass is 470 g/mol. The predicted octanol–water partition coefficient (Wildman–Crippen LogP) is 5.08. The Morgan fingerprint density at radius 1 is 0.970 bits per heavy atom. The van der Waals surface area contributed by atoms with Gasteiger partial charge < -0.3 is 10.1 Å². The Labute approximate surface area is 193 Å². The van der Waals surface area contributed by atoms with Crippen LogP contribution in [0.1, 0.15) is 30.5 Å². The first-order valence-electron chi connectivity index (χ1n) is 10.7. The van der Waals surface area contributed by atoms with Gasteiger partial charge in [-0.25, -0.2) is 12.8 Å². The van der Waals surface area contributed by atoms with E-state index in [4.69, 9.17) is 4.74 Å². The minimum atomic E-state index is -3.86. The van der Waals surface area contributed by atoms with Gasteiger partial charge in [-0.2, -0.15) is 0 Å². The van der Waals surface area contributed by atoms with E-state index in [2.05, 4.69) is 10.0 Å². The number of ether oxygens (including phenoxy) is 1. The van der Waals surface area contributed by atoms with Crippen molar-refractivity contribution in [3.63, 3.8) is 0 Å². The maximum Gasteiger partial charge on any atom is 0.262 e. The number of aryl methyl sites for hydroxylation is 3. The third-order valence-electron chi connectivity index (χ3n) is 5.18. The van der Waals surface area contributed by atoms with E-state index in [1.807, 2.05) is 32.0 Å². The number of para-hydroxylation sites is 1. The van der Waals surface area contributed by atoms with Gasteiger partial charge in [0.2, 0.25) is 0 Å². The van der Waals surface area contributed by atoms with E-state index < -0.39 is 15.8 Å². The number of rotatable bonds is 9. The number of amides is 1. The molecule has 6 nitrogen and oxygen atoms in total. The molecule has 33 heavy (non-hydrogen) atoms. The van der Waals surface area contributed by atoms with Crippen LogP contribution in [0.3, 0.4) is 0 Å². The summed E-state index contributed by atoms with van der Waals surface area (Å²) >= 11 is 0. The molecule has 0 bridgehead atoms. The fourth-order valence-electron chi connectivity index (χ4n) is 3.40. The summed E-state index contributed by atoms with van der Waals surface area (Å²) in [6, 6.07) is 15.4. The van der Waals surface area contributed by atoms with Crippen LogP contribution in [-0.2, 0) is 27.7 Å². The molecule has 3 aromatic rings. The molecule has 3 rings (SSSR count). The van der Waals surface area contributed by atoms with Gasteiger partial charge in [0.25, 0.3) is 15.9 Å². The topological polar surface area (TPSA) is 84.5 Å². The summed E-state index contributed by atoms with van der Waals surface area (Å²) in [4.78, 5) is 12.6. The number of hydrogen-bond donors (Lipinski definition) is 2. The number of anilines is 2. The zero-order valence-electron chi connectivity index (χ0n) is 18.8. The Balaban J connectivity index is 1.67. The fraction of sp³-hybridized carbons (Fsp3) is 0.240. The highest BCUT2D eigenvalue weighted by Gasteiger charge is 2.17. The van der Waals surface area contributed by atoms with Crippen LogP contribution < -0.4 is 14.8 Å². The molecule has 8 heteroatoms. The van der Waals surface area contributed by atoms with E-state index in [0.29, 0.717) is 11.3 Å². The average Bonchev–Trinajstić information content (AvgIpc) is 2.79. The molecule has 0 aromatic heterocycles. The van der Waals surface area contributed by atoms with Crippen LogP contribution in [0.2, 0.25) is 0 Å². The maximum absolute atomic E-state index is 13.0. The second-order valence-electron chi connectivity index (χ2n) is 7.53. The van der Waals surface area contributed by atoms with Crippen LogP contribution in [0, 0.1) is 12.7 Å². The second kappa shape index (κ2) is 10.5. The van der Waals surface area contributed by atoms with Crippen molar-refractivity contribution >= 4 is 27.3 Å². The molecule has 0 spiro atoms. The third kappa shape index (κ3) is 6.10. The molecule has 0 aliphatic heterocycles. The quantitative estimate of drug-likeness (QED) is 0.457.